The first-order chi connectivity index (χ1) is 31.6. The highest BCUT2D eigenvalue weighted by molar-refractivity contribution is 7.80. The van der Waals surface area contributed by atoms with Gasteiger partial charge in [0.1, 0.15) is 30.5 Å². The molecule has 0 saturated carbocycles. The predicted molar refractivity (Wildman–Crippen MR) is 262 cm³/mol. The lowest BCUT2D eigenvalue weighted by Crippen LogP contribution is -2.60. The number of aliphatic hydroxyl groups is 3. The summed E-state index contributed by atoms with van der Waals surface area (Å²) in [4.78, 5) is 12.9. The molecule has 0 aromatic rings. The van der Waals surface area contributed by atoms with Crippen molar-refractivity contribution < 1.29 is 56.2 Å². The van der Waals surface area contributed by atoms with E-state index in [0.717, 1.165) is 44.9 Å². The van der Waals surface area contributed by atoms with Crippen LogP contribution in [0.3, 0.4) is 0 Å². The lowest BCUT2D eigenvalue weighted by atomic mass is 9.99. The highest BCUT2D eigenvalue weighted by Gasteiger charge is 2.48. The Labute approximate surface area is 398 Å². The first-order valence-electron chi connectivity index (χ1n) is 26.9. The van der Waals surface area contributed by atoms with E-state index in [9.17, 15) is 33.1 Å². The van der Waals surface area contributed by atoms with Crippen LogP contribution in [-0.2, 0) is 38.3 Å². The normalized spacial score (nSPS) is 19.6. The first-order valence-corrected chi connectivity index (χ1v) is 28.3. The third-order valence-corrected chi connectivity index (χ3v) is 13.1. The maximum absolute atomic E-state index is 12.9. The molecule has 1 aliphatic rings. The van der Waals surface area contributed by atoms with Crippen molar-refractivity contribution in [2.45, 2.75) is 288 Å². The van der Waals surface area contributed by atoms with Crippen molar-refractivity contribution in [3.05, 3.63) is 12.2 Å². The Morgan fingerprint density at radius 2 is 0.969 bits per heavy atom. The number of carbonyl (C=O) groups excluding carboxylic acids is 1. The largest absolute Gasteiger partial charge is 0.457 e. The molecule has 1 heterocycles. The van der Waals surface area contributed by atoms with Crippen LogP contribution in [-0.4, -0.2) is 97.5 Å². The molecule has 65 heavy (non-hydrogen) atoms. The molecule has 386 valence electrons. The molecular formula is C52H100O12S. The summed E-state index contributed by atoms with van der Waals surface area (Å²) in [5, 5.41) is 30.8. The van der Waals surface area contributed by atoms with Gasteiger partial charge in [-0.25, -0.2) is 4.18 Å². The molecule has 0 aromatic heterocycles. The van der Waals surface area contributed by atoms with Gasteiger partial charge in [-0.15, -0.1) is 0 Å². The number of allylic oxidation sites excluding steroid dienone is 2. The SMILES string of the molecule is CCCCCCCCC/C=C\CCCCCCCCCC(=O)OC(COCCCCCCCCCCCCCCCCCCCCCC)COC1OC(CO)C(O)C(OS(=O)(=O)O)C1O. The Hall–Kier alpha value is -1.16. The zero-order chi connectivity index (χ0) is 47.5. The van der Waals surface area contributed by atoms with Gasteiger partial charge in [0.05, 0.1) is 19.8 Å². The van der Waals surface area contributed by atoms with Gasteiger partial charge >= 0.3 is 16.4 Å². The molecule has 1 rings (SSSR count). The van der Waals surface area contributed by atoms with E-state index in [1.807, 2.05) is 0 Å². The number of carbonyl (C=O) groups is 1. The quantitative estimate of drug-likeness (QED) is 0.0197. The van der Waals surface area contributed by atoms with Gasteiger partial charge < -0.3 is 34.3 Å². The molecule has 6 atom stereocenters. The number of aliphatic hydroxyl groups excluding tert-OH is 3. The highest BCUT2D eigenvalue weighted by atomic mass is 32.3. The van der Waals surface area contributed by atoms with Gasteiger partial charge in [-0.1, -0.05) is 219 Å². The van der Waals surface area contributed by atoms with E-state index < -0.39 is 59.8 Å². The second-order valence-electron chi connectivity index (χ2n) is 18.8. The van der Waals surface area contributed by atoms with Crippen LogP contribution in [0.2, 0.25) is 0 Å². The summed E-state index contributed by atoms with van der Waals surface area (Å²) in [6.07, 6.45) is 41.0. The zero-order valence-corrected chi connectivity index (χ0v) is 42.4. The van der Waals surface area contributed by atoms with Crippen LogP contribution in [0.4, 0.5) is 0 Å². The second-order valence-corrected chi connectivity index (χ2v) is 19.9. The monoisotopic (exact) mass is 949 g/mol. The predicted octanol–water partition coefficient (Wildman–Crippen LogP) is 12.6. The number of ether oxygens (including phenoxy) is 4. The summed E-state index contributed by atoms with van der Waals surface area (Å²) >= 11 is 0. The average molecular weight is 949 g/mol. The minimum Gasteiger partial charge on any atom is -0.457 e. The zero-order valence-electron chi connectivity index (χ0n) is 41.6. The smallest absolute Gasteiger partial charge is 0.397 e. The summed E-state index contributed by atoms with van der Waals surface area (Å²) in [6.45, 7) is 4.04. The fourth-order valence-electron chi connectivity index (χ4n) is 8.55. The number of hydrogen-bond donors (Lipinski definition) is 4. The van der Waals surface area contributed by atoms with Gasteiger partial charge in [0.2, 0.25) is 0 Å². The topological polar surface area (TPSA) is 178 Å². The van der Waals surface area contributed by atoms with Crippen molar-refractivity contribution in [3.8, 4) is 0 Å². The Kier molecular flexibility index (Phi) is 41.9. The fraction of sp³-hybridized carbons (Fsp3) is 0.942. The standard InChI is InChI=1S/C52H100O12S/c1-3-5-7-9-11-13-15-17-19-21-23-24-26-28-30-32-34-36-38-40-42-60-44-46(45-61-52-50(56)51(64-65(57,58)59)49(55)47(43-53)63-52)62-48(54)41-39-37-35-33-31-29-27-25-22-20-18-16-14-12-10-8-6-4-2/h20,22,46-47,49-53,55-56H,3-19,21,23-45H2,1-2H3,(H,57,58,59)/b22-20-. The van der Waals surface area contributed by atoms with Gasteiger partial charge in [0.15, 0.2) is 6.29 Å². The molecule has 13 heteroatoms. The van der Waals surface area contributed by atoms with E-state index in [1.54, 1.807) is 0 Å². The molecule has 1 aliphatic heterocycles. The van der Waals surface area contributed by atoms with E-state index in [-0.39, 0.29) is 19.6 Å². The lowest BCUT2D eigenvalue weighted by molar-refractivity contribution is -0.301. The van der Waals surface area contributed by atoms with Crippen molar-refractivity contribution in [3.63, 3.8) is 0 Å². The van der Waals surface area contributed by atoms with Crippen molar-refractivity contribution in [2.75, 3.05) is 26.4 Å². The number of esters is 1. The van der Waals surface area contributed by atoms with Crippen LogP contribution in [0.5, 0.6) is 0 Å². The molecule has 0 radical (unpaired) electrons. The Morgan fingerprint density at radius 3 is 1.38 bits per heavy atom. The van der Waals surface area contributed by atoms with E-state index in [1.165, 1.54) is 180 Å². The Balaban J connectivity index is 2.33. The van der Waals surface area contributed by atoms with Gasteiger partial charge in [-0.2, -0.15) is 8.42 Å². The Bertz CT molecular complexity index is 1190. The molecule has 4 N–H and O–H groups in total. The van der Waals surface area contributed by atoms with Crippen LogP contribution < -0.4 is 0 Å². The molecular weight excluding hydrogens is 849 g/mol. The van der Waals surface area contributed by atoms with Crippen molar-refractivity contribution >= 4 is 16.4 Å². The number of unbranched alkanes of at least 4 members (excludes halogenated alkanes) is 33. The summed E-state index contributed by atoms with van der Waals surface area (Å²) < 4.78 is 59.3. The van der Waals surface area contributed by atoms with E-state index in [4.69, 9.17) is 18.9 Å². The molecule has 0 aromatic carbocycles. The fourth-order valence-corrected chi connectivity index (χ4v) is 9.06. The Morgan fingerprint density at radius 1 is 0.569 bits per heavy atom. The molecule has 0 amide bonds. The van der Waals surface area contributed by atoms with Crippen LogP contribution in [0.15, 0.2) is 12.2 Å². The average Bonchev–Trinajstić information content (AvgIpc) is 3.28. The molecule has 6 unspecified atom stereocenters. The summed E-state index contributed by atoms with van der Waals surface area (Å²) in [6, 6.07) is 0. The third kappa shape index (κ3) is 37.4. The summed E-state index contributed by atoms with van der Waals surface area (Å²) in [5.41, 5.74) is 0. The third-order valence-electron chi connectivity index (χ3n) is 12.6. The van der Waals surface area contributed by atoms with Gasteiger partial charge in [0.25, 0.3) is 0 Å². The van der Waals surface area contributed by atoms with Gasteiger partial charge in [0, 0.05) is 13.0 Å². The molecule has 0 spiro atoms. The van der Waals surface area contributed by atoms with Crippen molar-refractivity contribution in [2.24, 2.45) is 0 Å². The number of hydrogen-bond acceptors (Lipinski definition) is 11. The van der Waals surface area contributed by atoms with E-state index >= 15 is 0 Å². The van der Waals surface area contributed by atoms with Crippen LogP contribution in [0, 0.1) is 0 Å². The van der Waals surface area contributed by atoms with Gasteiger partial charge in [-0.3, -0.25) is 9.35 Å². The molecule has 12 nitrogen and oxygen atoms in total. The minimum atomic E-state index is -5.06. The van der Waals surface area contributed by atoms with E-state index in [0.29, 0.717) is 13.0 Å². The van der Waals surface area contributed by atoms with Gasteiger partial charge in [-0.05, 0) is 38.5 Å². The molecule has 0 bridgehead atoms. The van der Waals surface area contributed by atoms with Crippen LogP contribution >= 0.6 is 0 Å². The highest BCUT2D eigenvalue weighted by Crippen LogP contribution is 2.26. The summed E-state index contributed by atoms with van der Waals surface area (Å²) in [5.74, 6) is -0.398. The molecule has 1 saturated heterocycles. The summed E-state index contributed by atoms with van der Waals surface area (Å²) in [7, 11) is -5.06. The van der Waals surface area contributed by atoms with Crippen LogP contribution in [0.1, 0.15) is 251 Å². The minimum absolute atomic E-state index is 0.0407. The molecule has 0 aliphatic carbocycles. The maximum Gasteiger partial charge on any atom is 0.397 e. The maximum atomic E-state index is 12.9. The van der Waals surface area contributed by atoms with E-state index in [2.05, 4.69) is 30.2 Å². The molecule has 1 fully saturated rings. The second kappa shape index (κ2) is 44.1. The van der Waals surface area contributed by atoms with Crippen molar-refractivity contribution in [1.82, 2.24) is 0 Å². The first kappa shape index (κ1) is 61.9. The lowest BCUT2D eigenvalue weighted by Gasteiger charge is -2.41. The van der Waals surface area contributed by atoms with Crippen LogP contribution in [0.25, 0.3) is 0 Å². The van der Waals surface area contributed by atoms with Crippen molar-refractivity contribution in [1.29, 1.82) is 0 Å². The number of rotatable bonds is 48.